The third-order valence-corrected chi connectivity index (χ3v) is 4.38. The summed E-state index contributed by atoms with van der Waals surface area (Å²) in [6.45, 7) is 1.78. The van der Waals surface area contributed by atoms with Gasteiger partial charge < -0.3 is 0 Å². The molecule has 0 saturated heterocycles. The smallest absolute Gasteiger partial charge is 0.261 e. The minimum Gasteiger partial charge on any atom is -0.279 e. The van der Waals surface area contributed by atoms with Gasteiger partial charge in [0.15, 0.2) is 0 Å². The zero-order valence-electron chi connectivity index (χ0n) is 10.9. The van der Waals surface area contributed by atoms with Gasteiger partial charge in [-0.25, -0.2) is 8.42 Å². The van der Waals surface area contributed by atoms with Gasteiger partial charge >= 0.3 is 0 Å². The van der Waals surface area contributed by atoms with Crippen molar-refractivity contribution in [2.24, 2.45) is 0 Å². The van der Waals surface area contributed by atoms with Crippen LogP contribution in [0.2, 0.25) is 5.02 Å². The van der Waals surface area contributed by atoms with Gasteiger partial charge in [0.05, 0.1) is 10.6 Å². The SMILES string of the molecule is C/C=C(\NS(=O)(=O)c1ccc(Cl)cc1)c1ccccc1. The summed E-state index contributed by atoms with van der Waals surface area (Å²) >= 11 is 5.76. The number of halogens is 1. The molecule has 0 bridgehead atoms. The Labute approximate surface area is 124 Å². The number of nitrogens with one attached hydrogen (secondary N) is 1. The van der Waals surface area contributed by atoms with Crippen molar-refractivity contribution in [3.63, 3.8) is 0 Å². The molecule has 0 atom stereocenters. The first kappa shape index (κ1) is 14.6. The molecule has 0 unspecified atom stereocenters. The summed E-state index contributed by atoms with van der Waals surface area (Å²) < 4.78 is 27.2. The molecule has 20 heavy (non-hydrogen) atoms. The molecule has 0 fully saturated rings. The van der Waals surface area contributed by atoms with Gasteiger partial charge in [0.2, 0.25) is 0 Å². The van der Waals surface area contributed by atoms with Gasteiger partial charge in [-0.15, -0.1) is 0 Å². The van der Waals surface area contributed by atoms with Crippen LogP contribution in [0.25, 0.3) is 5.70 Å². The summed E-state index contributed by atoms with van der Waals surface area (Å²) in [5, 5.41) is 0.498. The van der Waals surface area contributed by atoms with Gasteiger partial charge in [0.25, 0.3) is 10.0 Å². The van der Waals surface area contributed by atoms with E-state index in [0.29, 0.717) is 10.7 Å². The highest BCUT2D eigenvalue weighted by Crippen LogP contribution is 2.18. The maximum absolute atomic E-state index is 12.3. The van der Waals surface area contributed by atoms with Crippen molar-refractivity contribution in [2.45, 2.75) is 11.8 Å². The summed E-state index contributed by atoms with van der Waals surface area (Å²) in [6, 6.07) is 15.3. The molecule has 0 aliphatic rings. The van der Waals surface area contributed by atoms with Crippen molar-refractivity contribution in [2.75, 3.05) is 0 Å². The number of hydrogen-bond donors (Lipinski definition) is 1. The Hall–Kier alpha value is -1.78. The summed E-state index contributed by atoms with van der Waals surface area (Å²) in [7, 11) is -3.61. The number of hydrogen-bond acceptors (Lipinski definition) is 2. The van der Waals surface area contributed by atoms with Crippen LogP contribution in [0.1, 0.15) is 12.5 Å². The van der Waals surface area contributed by atoms with E-state index in [1.807, 2.05) is 30.3 Å². The van der Waals surface area contributed by atoms with Crippen molar-refractivity contribution >= 4 is 27.3 Å². The molecule has 0 radical (unpaired) electrons. The summed E-state index contributed by atoms with van der Waals surface area (Å²) in [5.74, 6) is 0. The first-order valence-electron chi connectivity index (χ1n) is 6.03. The van der Waals surface area contributed by atoms with Crippen LogP contribution in [0, 0.1) is 0 Å². The molecule has 0 aliphatic carbocycles. The minimum atomic E-state index is -3.61. The van der Waals surface area contributed by atoms with Crippen LogP contribution in [0.3, 0.4) is 0 Å². The maximum Gasteiger partial charge on any atom is 0.261 e. The molecule has 0 aromatic heterocycles. The molecule has 0 amide bonds. The van der Waals surface area contributed by atoms with Crippen molar-refractivity contribution < 1.29 is 8.42 Å². The van der Waals surface area contributed by atoms with E-state index in [-0.39, 0.29) is 4.90 Å². The van der Waals surface area contributed by atoms with Crippen LogP contribution in [-0.4, -0.2) is 8.42 Å². The standard InChI is InChI=1S/C15H14ClNO2S/c1-2-15(12-6-4-3-5-7-12)17-20(18,19)14-10-8-13(16)9-11-14/h2-11,17H,1H3/b15-2-. The number of rotatable bonds is 4. The monoisotopic (exact) mass is 307 g/mol. The van der Waals surface area contributed by atoms with Gasteiger partial charge in [0.1, 0.15) is 0 Å². The van der Waals surface area contributed by atoms with Crippen molar-refractivity contribution in [3.05, 3.63) is 71.3 Å². The normalized spacial score (nSPS) is 12.2. The van der Waals surface area contributed by atoms with Gasteiger partial charge in [-0.3, -0.25) is 4.72 Å². The molecule has 5 heteroatoms. The van der Waals surface area contributed by atoms with Crippen LogP contribution >= 0.6 is 11.6 Å². The van der Waals surface area contributed by atoms with E-state index < -0.39 is 10.0 Å². The van der Waals surface area contributed by atoms with Crippen LogP contribution in [0.15, 0.2) is 65.6 Å². The van der Waals surface area contributed by atoms with E-state index in [0.717, 1.165) is 5.56 Å². The summed E-state index contributed by atoms with van der Waals surface area (Å²) in [4.78, 5) is 0.178. The topological polar surface area (TPSA) is 46.2 Å². The fourth-order valence-corrected chi connectivity index (χ4v) is 2.98. The van der Waals surface area contributed by atoms with Gasteiger partial charge in [-0.05, 0) is 36.8 Å². The Kier molecular flexibility index (Phi) is 4.47. The Morgan fingerprint density at radius 3 is 2.20 bits per heavy atom. The van der Waals surface area contributed by atoms with E-state index in [9.17, 15) is 8.42 Å². The number of allylic oxidation sites excluding steroid dienone is 1. The fraction of sp³-hybridized carbons (Fsp3) is 0.0667. The van der Waals surface area contributed by atoms with Crippen molar-refractivity contribution in [1.29, 1.82) is 0 Å². The third kappa shape index (κ3) is 3.40. The van der Waals surface area contributed by atoms with Crippen LogP contribution in [0.5, 0.6) is 0 Å². The Balaban J connectivity index is 2.30. The molecular weight excluding hydrogens is 294 g/mol. The second-order valence-electron chi connectivity index (χ2n) is 4.13. The van der Waals surface area contributed by atoms with E-state index in [1.54, 1.807) is 25.1 Å². The van der Waals surface area contributed by atoms with Gasteiger partial charge in [-0.2, -0.15) is 0 Å². The maximum atomic E-state index is 12.3. The zero-order chi connectivity index (χ0) is 14.6. The number of benzene rings is 2. The summed E-state index contributed by atoms with van der Waals surface area (Å²) in [6.07, 6.45) is 1.73. The highest BCUT2D eigenvalue weighted by Gasteiger charge is 2.15. The lowest BCUT2D eigenvalue weighted by molar-refractivity contribution is 0.591. The average molecular weight is 308 g/mol. The van der Waals surface area contributed by atoms with E-state index in [1.165, 1.54) is 12.1 Å². The lowest BCUT2D eigenvalue weighted by Crippen LogP contribution is -2.22. The largest absolute Gasteiger partial charge is 0.279 e. The molecule has 0 aliphatic heterocycles. The second-order valence-corrected chi connectivity index (χ2v) is 6.25. The van der Waals surface area contributed by atoms with E-state index in [2.05, 4.69) is 4.72 Å². The highest BCUT2D eigenvalue weighted by molar-refractivity contribution is 7.89. The predicted octanol–water partition coefficient (Wildman–Crippen LogP) is 3.68. The molecule has 0 saturated carbocycles. The third-order valence-electron chi connectivity index (χ3n) is 2.74. The van der Waals surface area contributed by atoms with E-state index in [4.69, 9.17) is 11.6 Å². The first-order chi connectivity index (χ1) is 9.53. The molecular formula is C15H14ClNO2S. The first-order valence-corrected chi connectivity index (χ1v) is 7.89. The van der Waals surface area contributed by atoms with Crippen LogP contribution < -0.4 is 4.72 Å². The Morgan fingerprint density at radius 1 is 1.05 bits per heavy atom. The minimum absolute atomic E-state index is 0.178. The van der Waals surface area contributed by atoms with Crippen molar-refractivity contribution in [3.8, 4) is 0 Å². The quantitative estimate of drug-likeness (QED) is 0.936. The van der Waals surface area contributed by atoms with Crippen LogP contribution in [0.4, 0.5) is 0 Å². The number of sulfonamides is 1. The second kappa shape index (κ2) is 6.11. The predicted molar refractivity (Wildman–Crippen MR) is 81.9 cm³/mol. The van der Waals surface area contributed by atoms with E-state index >= 15 is 0 Å². The molecule has 2 rings (SSSR count). The van der Waals surface area contributed by atoms with Gasteiger partial charge in [0, 0.05) is 5.02 Å². The summed E-state index contributed by atoms with van der Waals surface area (Å²) in [5.41, 5.74) is 1.35. The molecule has 2 aromatic rings. The molecule has 1 N–H and O–H groups in total. The molecule has 0 spiro atoms. The average Bonchev–Trinajstić information content (AvgIpc) is 2.46. The molecule has 2 aromatic carbocycles. The van der Waals surface area contributed by atoms with Crippen molar-refractivity contribution in [1.82, 2.24) is 4.72 Å². The van der Waals surface area contributed by atoms with Crippen LogP contribution in [-0.2, 0) is 10.0 Å². The Morgan fingerprint density at radius 2 is 1.65 bits per heavy atom. The lowest BCUT2D eigenvalue weighted by atomic mass is 10.2. The lowest BCUT2D eigenvalue weighted by Gasteiger charge is -2.12. The molecule has 3 nitrogen and oxygen atoms in total. The fourth-order valence-electron chi connectivity index (χ4n) is 1.72. The highest BCUT2D eigenvalue weighted by atomic mass is 35.5. The van der Waals surface area contributed by atoms with Gasteiger partial charge in [-0.1, -0.05) is 48.0 Å². The zero-order valence-corrected chi connectivity index (χ0v) is 12.4. The molecule has 0 heterocycles. The molecule has 104 valence electrons. The Bertz CT molecular complexity index is 707.